The molecule has 0 unspecified atom stereocenters. The first-order valence-electron chi connectivity index (χ1n) is 0.271. The van der Waals surface area contributed by atoms with Crippen LogP contribution in [0.15, 0.2) is 0 Å². The van der Waals surface area contributed by atoms with Gasteiger partial charge in [-0.1, -0.05) is 0 Å². The van der Waals surface area contributed by atoms with Gasteiger partial charge in [-0.2, -0.15) is 0 Å². The van der Waals surface area contributed by atoms with E-state index in [1.54, 1.807) is 0 Å². The van der Waals surface area contributed by atoms with E-state index < -0.39 is 14.7 Å². The van der Waals surface area contributed by atoms with Crippen molar-refractivity contribution in [1.29, 1.82) is 0 Å². The van der Waals surface area contributed by atoms with Crippen molar-refractivity contribution in [3.05, 3.63) is 0 Å². The van der Waals surface area contributed by atoms with E-state index in [1.165, 1.54) is 0 Å². The maximum absolute atomic E-state index is 8.42. The molecular weight excluding hydrogens is 174 g/mol. The third-order valence-corrected chi connectivity index (χ3v) is 0. The molecule has 0 aliphatic rings. The van der Waals surface area contributed by atoms with Crippen molar-refractivity contribution >= 4 is 23.1 Å². The predicted octanol–water partition coefficient (Wildman–Crippen LogP) is -1.06. The summed E-state index contributed by atoms with van der Waals surface area (Å²) in [7, 11) is 0. The molecule has 34 valence electrons. The Balaban J connectivity index is -0.0000000200. The van der Waals surface area contributed by atoms with Crippen LogP contribution in [0.4, 0.5) is 0 Å². The standard InChI is InChI=1S/Co.Mg.Ni.H2O.O/h;;;1H2;/q;;+1;;/p-1. The van der Waals surface area contributed by atoms with Crippen LogP contribution in [0.2, 0.25) is 0 Å². The number of rotatable bonds is 0. The van der Waals surface area contributed by atoms with Gasteiger partial charge in [0.2, 0.25) is 0 Å². The van der Waals surface area contributed by atoms with Gasteiger partial charge in [0.05, 0.1) is 0 Å². The zero-order chi connectivity index (χ0) is 2.71. The van der Waals surface area contributed by atoms with E-state index >= 15 is 0 Å². The van der Waals surface area contributed by atoms with Crippen molar-refractivity contribution in [2.45, 2.75) is 0 Å². The number of hydrogen-bond donors (Lipinski definition) is 1. The SMILES string of the molecule is [Co].[Mg].[O]=[Ni][OH]. The Hall–Kier alpha value is 1.53. The predicted molar refractivity (Wildman–Crippen MR) is 8.66 cm³/mol. The maximum atomic E-state index is 8.42. The molecule has 0 aromatic rings. The molecule has 2 nitrogen and oxygen atoms in total. The summed E-state index contributed by atoms with van der Waals surface area (Å²) in [5, 5.41) is 0. The molecule has 5 heteroatoms. The van der Waals surface area contributed by atoms with Crippen LogP contribution in [0.1, 0.15) is 0 Å². The normalized spacial score (nSPS) is 4.20. The average Bonchev–Trinajstić information content (AvgIpc) is 0.918. The second kappa shape index (κ2) is 17.7. The van der Waals surface area contributed by atoms with Gasteiger partial charge in [0.15, 0.2) is 0 Å². The zero-order valence-corrected chi connectivity index (χ0v) is 5.65. The first-order chi connectivity index (χ1) is 1.41. The van der Waals surface area contributed by atoms with Crippen molar-refractivity contribution in [2.75, 3.05) is 0 Å². The Morgan fingerprint density at radius 3 is 1.60 bits per heavy atom. The molecule has 0 amide bonds. The fraction of sp³-hybridized carbons (Fsp3) is 0. The van der Waals surface area contributed by atoms with Crippen molar-refractivity contribution in [3.8, 4) is 0 Å². The molecule has 0 heterocycles. The van der Waals surface area contributed by atoms with Crippen LogP contribution in [0.3, 0.4) is 0 Å². The third-order valence-electron chi connectivity index (χ3n) is 0. The third kappa shape index (κ3) is 29.5. The summed E-state index contributed by atoms with van der Waals surface area (Å²) in [6.45, 7) is 0. The van der Waals surface area contributed by atoms with Gasteiger partial charge in [0.25, 0.3) is 0 Å². The van der Waals surface area contributed by atoms with E-state index in [2.05, 4.69) is 0 Å². The molecule has 0 aliphatic heterocycles. The fourth-order valence-corrected chi connectivity index (χ4v) is 0. The summed E-state index contributed by atoms with van der Waals surface area (Å²) in [5.74, 6) is 0. The quantitative estimate of drug-likeness (QED) is 0.476. The molecule has 0 rings (SSSR count). The Morgan fingerprint density at radius 1 is 1.60 bits per heavy atom. The minimum atomic E-state index is -0.625. The number of hydrogen-bond acceptors (Lipinski definition) is 1. The van der Waals surface area contributed by atoms with Gasteiger partial charge in [-0.25, -0.2) is 0 Å². The van der Waals surface area contributed by atoms with Crippen molar-refractivity contribution in [2.24, 2.45) is 0 Å². The van der Waals surface area contributed by atoms with Gasteiger partial charge >= 0.3 is 22.8 Å². The van der Waals surface area contributed by atoms with Crippen LogP contribution in [0.5, 0.6) is 0 Å². The Kier molecular flexibility index (Phi) is 56.9. The molecule has 0 spiro atoms. The topological polar surface area (TPSA) is 37.3 Å². The molecule has 3 radical (unpaired) electrons. The molecule has 0 aromatic carbocycles. The molecule has 1 N–H and O–H groups in total. The van der Waals surface area contributed by atoms with Gasteiger partial charge in [-0.3, -0.25) is 0 Å². The molecule has 0 saturated heterocycles. The first kappa shape index (κ1) is 16.0. The van der Waals surface area contributed by atoms with Crippen LogP contribution in [0.25, 0.3) is 0 Å². The molecule has 0 aliphatic carbocycles. The van der Waals surface area contributed by atoms with Crippen LogP contribution < -0.4 is 0 Å². The van der Waals surface area contributed by atoms with Crippen LogP contribution in [0, 0.1) is 0 Å². The monoisotopic (exact) mass is 174 g/mol. The van der Waals surface area contributed by atoms with Crippen LogP contribution in [-0.2, 0) is 35.4 Å². The zero-order valence-electron chi connectivity index (χ0n) is 2.21. The van der Waals surface area contributed by atoms with E-state index in [4.69, 9.17) is 8.15 Å². The van der Waals surface area contributed by atoms with Crippen LogP contribution in [-0.4, -0.2) is 27.3 Å². The van der Waals surface area contributed by atoms with E-state index in [0.29, 0.717) is 0 Å². The molecule has 0 bridgehead atoms. The summed E-state index contributed by atoms with van der Waals surface area (Å²) in [6, 6.07) is 0. The molecule has 0 atom stereocenters. The van der Waals surface area contributed by atoms with E-state index in [0.717, 1.165) is 0 Å². The van der Waals surface area contributed by atoms with Gasteiger partial charge in [0.1, 0.15) is 0 Å². The van der Waals surface area contributed by atoms with E-state index in [-0.39, 0.29) is 39.8 Å². The average molecular weight is 175 g/mol. The Bertz CT molecular complexity index is 17.1. The summed E-state index contributed by atoms with van der Waals surface area (Å²) >= 11 is -0.625. The second-order valence-electron chi connectivity index (χ2n) is 0.0577. The van der Waals surface area contributed by atoms with Gasteiger partial charge in [-0.05, 0) is 0 Å². The van der Waals surface area contributed by atoms with Gasteiger partial charge in [0, 0.05) is 39.8 Å². The van der Waals surface area contributed by atoms with Crippen LogP contribution >= 0.6 is 0 Å². The minimum absolute atomic E-state index is 0. The second-order valence-corrected chi connectivity index (χ2v) is 0.238. The Morgan fingerprint density at radius 2 is 1.60 bits per heavy atom. The fourth-order valence-electron chi connectivity index (χ4n) is 0. The van der Waals surface area contributed by atoms with E-state index in [9.17, 15) is 0 Å². The van der Waals surface area contributed by atoms with E-state index in [1.807, 2.05) is 0 Å². The first-order valence-corrected chi connectivity index (χ1v) is 1.12. The summed E-state index contributed by atoms with van der Waals surface area (Å²) in [5.41, 5.74) is 0. The molecule has 0 aromatic heterocycles. The van der Waals surface area contributed by atoms with Crippen molar-refractivity contribution in [3.63, 3.8) is 0 Å². The molecule has 5 heavy (non-hydrogen) atoms. The molecule has 0 fully saturated rings. The summed E-state index contributed by atoms with van der Waals surface area (Å²) in [6.07, 6.45) is 0. The van der Waals surface area contributed by atoms with Gasteiger partial charge < -0.3 is 0 Å². The molecular formula is HCoMgNiO2. The van der Waals surface area contributed by atoms with Crippen molar-refractivity contribution < 1.29 is 39.6 Å². The summed E-state index contributed by atoms with van der Waals surface area (Å²) < 4.78 is 15.4. The summed E-state index contributed by atoms with van der Waals surface area (Å²) in [4.78, 5) is 0. The van der Waals surface area contributed by atoms with Crippen molar-refractivity contribution in [1.82, 2.24) is 0 Å². The molecule has 0 saturated carbocycles. The Labute approximate surface area is 62.4 Å². The van der Waals surface area contributed by atoms with Gasteiger partial charge in [-0.15, -0.1) is 0 Å².